The van der Waals surface area contributed by atoms with Crippen LogP contribution in [0, 0.1) is 11.6 Å². The zero-order valence-electron chi connectivity index (χ0n) is 35.0. The molecule has 3 aliphatic rings. The first-order chi connectivity index (χ1) is 30.1. The fourth-order valence-corrected chi connectivity index (χ4v) is 8.87. The van der Waals surface area contributed by atoms with Crippen molar-refractivity contribution in [1.29, 1.82) is 0 Å². The lowest BCUT2D eigenvalue weighted by Gasteiger charge is -2.42. The number of nitrogens with zero attached hydrogens (tertiary/aromatic N) is 3. The summed E-state index contributed by atoms with van der Waals surface area (Å²) < 4.78 is 76.8. The number of phosphoric ester groups is 1. The second-order valence-electron chi connectivity index (χ2n) is 16.2. The van der Waals surface area contributed by atoms with E-state index in [-0.39, 0.29) is 37.1 Å². The van der Waals surface area contributed by atoms with Gasteiger partial charge in [0.2, 0.25) is 18.0 Å². The first-order valence-corrected chi connectivity index (χ1v) is 21.7. The number of ether oxygens (including phenoxy) is 3. The summed E-state index contributed by atoms with van der Waals surface area (Å²) in [6, 6.07) is 19.8. The molecule has 334 valence electrons. The predicted molar refractivity (Wildman–Crippen MR) is 222 cm³/mol. The monoisotopic (exact) mass is 892 g/mol. The van der Waals surface area contributed by atoms with Crippen molar-refractivity contribution in [1.82, 2.24) is 14.8 Å². The van der Waals surface area contributed by atoms with E-state index >= 15 is 0 Å². The molecule has 2 amide bonds. The van der Waals surface area contributed by atoms with Crippen LogP contribution in [0.3, 0.4) is 0 Å². The normalized spacial score (nSPS) is 19.4. The Labute approximate surface area is 361 Å². The molecule has 1 N–H and O–H groups in total. The summed E-state index contributed by atoms with van der Waals surface area (Å²) in [4.78, 5) is 62.9. The number of hydrogen-bond donors (Lipinski definition) is 1. The lowest BCUT2D eigenvalue weighted by Crippen LogP contribution is -2.52. The molecule has 0 saturated carbocycles. The minimum Gasteiger partial charge on any atom is -0.451 e. The topological polar surface area (TPSA) is 183 Å². The second-order valence-corrected chi connectivity index (χ2v) is 17.8. The van der Waals surface area contributed by atoms with E-state index in [2.05, 4.69) is 10.5 Å². The number of carbonyl (C=O) groups is 3. The van der Waals surface area contributed by atoms with Crippen LogP contribution in [-0.4, -0.2) is 70.3 Å². The highest BCUT2D eigenvalue weighted by molar-refractivity contribution is 7.48. The highest BCUT2D eigenvalue weighted by atomic mass is 31.2. The molecule has 0 radical (unpaired) electrons. The van der Waals surface area contributed by atoms with Crippen molar-refractivity contribution < 1.29 is 60.3 Å². The Morgan fingerprint density at radius 3 is 2.27 bits per heavy atom. The van der Waals surface area contributed by atoms with Crippen LogP contribution < -0.4 is 15.5 Å². The Morgan fingerprint density at radius 2 is 1.65 bits per heavy atom. The highest BCUT2D eigenvalue weighted by Gasteiger charge is 2.54. The molecule has 3 aliphatic heterocycles. The number of nitrogens with one attached hydrogen (secondary N) is 1. The molecule has 0 unspecified atom stereocenters. The van der Waals surface area contributed by atoms with Crippen molar-refractivity contribution in [3.05, 3.63) is 135 Å². The molecule has 4 heterocycles. The van der Waals surface area contributed by atoms with Crippen LogP contribution in [0.25, 0.3) is 0 Å². The largest absolute Gasteiger partial charge is 0.511 e. The molecule has 1 saturated heterocycles. The van der Waals surface area contributed by atoms with Gasteiger partial charge in [-0.25, -0.2) is 18.1 Å². The van der Waals surface area contributed by atoms with Gasteiger partial charge in [0.05, 0.1) is 31.6 Å². The molecule has 63 heavy (non-hydrogen) atoms. The Balaban J connectivity index is 1.09. The van der Waals surface area contributed by atoms with Crippen molar-refractivity contribution in [2.75, 3.05) is 19.9 Å². The van der Waals surface area contributed by atoms with Gasteiger partial charge in [-0.1, -0.05) is 71.9 Å². The number of fused-ring (bicyclic) bond motifs is 5. The van der Waals surface area contributed by atoms with Crippen molar-refractivity contribution in [2.24, 2.45) is 5.16 Å². The van der Waals surface area contributed by atoms with Gasteiger partial charge in [-0.15, -0.1) is 0 Å². The molecule has 19 heteroatoms. The molecular weight excluding hydrogens is 845 g/mol. The Kier molecular flexibility index (Phi) is 13.5. The summed E-state index contributed by atoms with van der Waals surface area (Å²) in [7, 11) is -4.26. The van der Waals surface area contributed by atoms with E-state index in [1.165, 1.54) is 24.6 Å². The van der Waals surface area contributed by atoms with Crippen LogP contribution in [-0.2, 0) is 52.2 Å². The van der Waals surface area contributed by atoms with E-state index in [9.17, 15) is 32.5 Å². The fourth-order valence-electron chi connectivity index (χ4n) is 7.57. The number of oxime groups is 1. The Morgan fingerprint density at radius 1 is 0.984 bits per heavy atom. The molecular formula is C44H47F2N4O12P. The van der Waals surface area contributed by atoms with Crippen molar-refractivity contribution >= 4 is 31.5 Å². The zero-order chi connectivity index (χ0) is 44.9. The van der Waals surface area contributed by atoms with Crippen LogP contribution in [0.5, 0.6) is 5.75 Å². The van der Waals surface area contributed by atoms with Gasteiger partial charge in [0.1, 0.15) is 22.8 Å². The average molecular weight is 893 g/mol. The lowest BCUT2D eigenvalue weighted by molar-refractivity contribution is -0.0673. The number of aromatic nitrogens is 1. The van der Waals surface area contributed by atoms with E-state index < -0.39 is 91.4 Å². The standard InChI is InChI=1S/C44H47F2N4O12P/c1-28-20-44(62-48-28)18-17-29(2)49-23-36(44)50-22-34(40(52)47-21-32-15-16-33(45)19-35(32)46)38(51)39(37(50)41(49)53)56-27-57-42(54)61-43(3,4)26-60-63(55,58-24-30-11-7-5-8-12-30)59-25-31-13-9-6-10-14-31/h5-16,19,22,29,36H,17-18,20-21,23-27H2,1-4H3,(H,47,52)/t29-,36+,44-/m0/s1. The number of amides is 2. The Bertz CT molecular complexity index is 2440. The van der Waals surface area contributed by atoms with Gasteiger partial charge in [0.25, 0.3) is 11.8 Å². The molecule has 16 nitrogen and oxygen atoms in total. The maximum absolute atomic E-state index is 14.5. The molecule has 0 aliphatic carbocycles. The molecule has 3 atom stereocenters. The number of hydrogen-bond acceptors (Lipinski definition) is 13. The average Bonchev–Trinajstić information content (AvgIpc) is 3.59. The van der Waals surface area contributed by atoms with Gasteiger partial charge < -0.3 is 33.8 Å². The zero-order valence-corrected chi connectivity index (χ0v) is 35.9. The molecule has 1 spiro atoms. The second kappa shape index (κ2) is 18.8. The summed E-state index contributed by atoms with van der Waals surface area (Å²) in [5, 5.41) is 6.70. The summed E-state index contributed by atoms with van der Waals surface area (Å²) >= 11 is 0. The van der Waals surface area contributed by atoms with Crippen molar-refractivity contribution in [3.63, 3.8) is 0 Å². The predicted octanol–water partition coefficient (Wildman–Crippen LogP) is 7.60. The minimum absolute atomic E-state index is 0.0451. The third-order valence-corrected chi connectivity index (χ3v) is 12.2. The van der Waals surface area contributed by atoms with Gasteiger partial charge in [-0.3, -0.25) is 28.0 Å². The van der Waals surface area contributed by atoms with E-state index in [1.54, 1.807) is 53.4 Å². The first kappa shape index (κ1) is 45.1. The van der Waals surface area contributed by atoms with Gasteiger partial charge in [-0.05, 0) is 57.7 Å². The van der Waals surface area contributed by atoms with Gasteiger partial charge in [-0.2, -0.15) is 0 Å². The van der Waals surface area contributed by atoms with Crippen LogP contribution in [0.4, 0.5) is 13.6 Å². The first-order valence-electron chi connectivity index (χ1n) is 20.2. The molecule has 1 aromatic heterocycles. The fraction of sp³-hybridized carbons (Fsp3) is 0.386. The number of carbonyl (C=O) groups excluding carboxylic acids is 3. The van der Waals surface area contributed by atoms with Gasteiger partial charge in [0, 0.05) is 43.4 Å². The number of halogens is 2. The van der Waals surface area contributed by atoms with Crippen molar-refractivity contribution in [3.8, 4) is 5.75 Å². The third-order valence-electron chi connectivity index (χ3n) is 10.9. The smallest absolute Gasteiger partial charge is 0.451 e. The van der Waals surface area contributed by atoms with E-state index in [0.717, 1.165) is 12.1 Å². The summed E-state index contributed by atoms with van der Waals surface area (Å²) in [6.45, 7) is 4.70. The van der Waals surface area contributed by atoms with Crippen LogP contribution in [0.2, 0.25) is 0 Å². The number of rotatable bonds is 16. The van der Waals surface area contributed by atoms with Crippen LogP contribution in [0.1, 0.15) is 90.5 Å². The molecule has 7 rings (SSSR count). The minimum atomic E-state index is -4.26. The SMILES string of the molecule is CC1=NO[C@@]2(CC[C@H](C)N3C[C@H]2n2cc(C(=O)NCc4ccc(F)cc4F)c(=O)c(OCOC(=O)OC(C)(C)COP(=O)(OCc4ccccc4)OCc4ccccc4)c2C3=O)C1. The Hall–Kier alpha value is -5.94. The maximum atomic E-state index is 14.5. The van der Waals surface area contributed by atoms with E-state index in [4.69, 9.17) is 32.6 Å². The van der Waals surface area contributed by atoms with Gasteiger partial charge >= 0.3 is 14.0 Å². The summed E-state index contributed by atoms with van der Waals surface area (Å²) in [6.07, 6.45) is 1.37. The summed E-state index contributed by atoms with van der Waals surface area (Å²) in [5.74, 6) is -3.84. The third kappa shape index (κ3) is 10.5. The quantitative estimate of drug-likeness (QED) is 0.0662. The van der Waals surface area contributed by atoms with E-state index in [0.29, 0.717) is 42.2 Å². The lowest BCUT2D eigenvalue weighted by atomic mass is 9.84. The summed E-state index contributed by atoms with van der Waals surface area (Å²) in [5.41, 5.74) is -2.08. The molecule has 2 bridgehead atoms. The molecule has 1 fully saturated rings. The van der Waals surface area contributed by atoms with Crippen LogP contribution in [0.15, 0.2) is 95.0 Å². The van der Waals surface area contributed by atoms with Gasteiger partial charge in [0.15, 0.2) is 11.3 Å². The number of pyridine rings is 1. The maximum Gasteiger partial charge on any atom is 0.511 e. The molecule has 3 aromatic carbocycles. The highest BCUT2D eigenvalue weighted by Crippen LogP contribution is 2.52. The molecule has 4 aromatic rings. The number of phosphoric acid groups is 1. The van der Waals surface area contributed by atoms with Crippen LogP contribution >= 0.6 is 7.82 Å². The number of benzene rings is 3. The van der Waals surface area contributed by atoms with E-state index in [1.807, 2.05) is 26.0 Å². The van der Waals surface area contributed by atoms with Crippen molar-refractivity contribution in [2.45, 2.75) is 90.0 Å².